The van der Waals surface area contributed by atoms with E-state index in [4.69, 9.17) is 10.5 Å². The van der Waals surface area contributed by atoms with Gasteiger partial charge in [0.05, 0.1) is 6.61 Å². The van der Waals surface area contributed by atoms with Gasteiger partial charge in [0, 0.05) is 37.1 Å². The Balaban J connectivity index is 1.89. The van der Waals surface area contributed by atoms with Gasteiger partial charge in [-0.25, -0.2) is 4.79 Å². The molecule has 4 N–H and O–H groups in total. The lowest BCUT2D eigenvalue weighted by molar-refractivity contribution is -0.137. The van der Waals surface area contributed by atoms with Gasteiger partial charge in [-0.2, -0.15) is 0 Å². The molecule has 1 aromatic heterocycles. The molecule has 10 nitrogen and oxygen atoms in total. The number of hydrogen-bond acceptors (Lipinski definition) is 6. The van der Waals surface area contributed by atoms with E-state index in [0.717, 1.165) is 31.2 Å². The summed E-state index contributed by atoms with van der Waals surface area (Å²) in [6.45, 7) is 1.87. The molecule has 2 atom stereocenters. The number of rotatable bonds is 13. The van der Waals surface area contributed by atoms with Crippen molar-refractivity contribution in [3.8, 4) is 0 Å². The van der Waals surface area contributed by atoms with Gasteiger partial charge >= 0.3 is 5.97 Å². The van der Waals surface area contributed by atoms with E-state index in [2.05, 4.69) is 10.6 Å². The fourth-order valence-corrected chi connectivity index (χ4v) is 4.61. The topological polar surface area (TPSA) is 150 Å². The van der Waals surface area contributed by atoms with Crippen LogP contribution in [0.25, 0.3) is 0 Å². The highest BCUT2D eigenvalue weighted by atomic mass is 16.5. The lowest BCUT2D eigenvalue weighted by atomic mass is 10.0. The van der Waals surface area contributed by atoms with Crippen LogP contribution in [0.5, 0.6) is 0 Å². The van der Waals surface area contributed by atoms with Crippen molar-refractivity contribution in [2.24, 2.45) is 11.7 Å². The fourth-order valence-electron chi connectivity index (χ4n) is 4.61. The van der Waals surface area contributed by atoms with E-state index < -0.39 is 35.4 Å². The Labute approximate surface area is 227 Å². The molecule has 2 aromatic rings. The minimum absolute atomic E-state index is 0.0237. The van der Waals surface area contributed by atoms with Crippen LogP contribution in [-0.4, -0.2) is 40.9 Å². The first kappa shape index (κ1) is 29.3. The second-order valence-corrected chi connectivity index (χ2v) is 9.54. The van der Waals surface area contributed by atoms with E-state index in [0.29, 0.717) is 0 Å². The standard InChI is InChI=1S/C29H36N4O6/c1-2-39-26(35)17-15-22(14-16-25(30)34)31-28(37)24(19-20-9-4-3-5-10-20)33-18-8-13-23(29(33)38)32-27(36)21-11-6-7-12-21/h3-5,8-10,13,15,17-18,21-22,24H,2,6-7,11-12,14,16,19H2,1H3,(H2,30,34)(H,31,37)(H,32,36)/b17-15+/t22-,24-/m0/s1. The van der Waals surface area contributed by atoms with Crippen LogP contribution in [0, 0.1) is 5.92 Å². The Hall–Kier alpha value is -4.21. The van der Waals surface area contributed by atoms with Gasteiger partial charge in [-0.3, -0.25) is 19.2 Å². The Kier molecular flexibility index (Phi) is 11.0. The second kappa shape index (κ2) is 14.7. The summed E-state index contributed by atoms with van der Waals surface area (Å²) < 4.78 is 6.20. The van der Waals surface area contributed by atoms with E-state index in [1.165, 1.54) is 29.0 Å². The normalized spacial score (nSPS) is 15.0. The first-order valence-corrected chi connectivity index (χ1v) is 13.3. The van der Waals surface area contributed by atoms with Crippen molar-refractivity contribution in [1.82, 2.24) is 9.88 Å². The van der Waals surface area contributed by atoms with Gasteiger partial charge < -0.3 is 25.7 Å². The number of carbonyl (C=O) groups excluding carboxylic acids is 4. The van der Waals surface area contributed by atoms with E-state index in [1.807, 2.05) is 30.3 Å². The van der Waals surface area contributed by atoms with E-state index in [1.54, 1.807) is 13.0 Å². The molecular weight excluding hydrogens is 500 g/mol. The van der Waals surface area contributed by atoms with Crippen molar-refractivity contribution in [3.05, 3.63) is 76.7 Å². The minimum Gasteiger partial charge on any atom is -0.463 e. The number of nitrogens with two attached hydrogens (primary N) is 1. The summed E-state index contributed by atoms with van der Waals surface area (Å²) in [4.78, 5) is 63.1. The summed E-state index contributed by atoms with van der Waals surface area (Å²) >= 11 is 0. The molecule has 1 aliphatic rings. The highest BCUT2D eigenvalue weighted by molar-refractivity contribution is 5.92. The number of nitrogens with zero attached hydrogens (tertiary/aromatic N) is 1. The quantitative estimate of drug-likeness (QED) is 0.265. The van der Waals surface area contributed by atoms with Gasteiger partial charge in [0.2, 0.25) is 17.7 Å². The van der Waals surface area contributed by atoms with E-state index in [9.17, 15) is 24.0 Å². The number of carbonyl (C=O) groups is 4. The molecule has 1 heterocycles. The van der Waals surface area contributed by atoms with Crippen molar-refractivity contribution in [2.45, 2.75) is 64.0 Å². The lowest BCUT2D eigenvalue weighted by Crippen LogP contribution is -2.43. The van der Waals surface area contributed by atoms with Gasteiger partial charge in [-0.15, -0.1) is 0 Å². The largest absolute Gasteiger partial charge is 0.463 e. The smallest absolute Gasteiger partial charge is 0.330 e. The predicted molar refractivity (Wildman–Crippen MR) is 147 cm³/mol. The van der Waals surface area contributed by atoms with Crippen LogP contribution >= 0.6 is 0 Å². The number of ether oxygens (including phenoxy) is 1. The maximum absolute atomic E-state index is 13.6. The van der Waals surface area contributed by atoms with E-state index >= 15 is 0 Å². The number of anilines is 1. The maximum atomic E-state index is 13.6. The molecule has 0 saturated heterocycles. The Morgan fingerprint density at radius 1 is 1.10 bits per heavy atom. The van der Waals surface area contributed by atoms with Gasteiger partial charge in [0.1, 0.15) is 11.7 Å². The highest BCUT2D eigenvalue weighted by Gasteiger charge is 2.27. The van der Waals surface area contributed by atoms with Gasteiger partial charge in [0.25, 0.3) is 5.56 Å². The van der Waals surface area contributed by atoms with Crippen LogP contribution in [0.15, 0.2) is 65.6 Å². The third-order valence-corrected chi connectivity index (χ3v) is 6.65. The molecule has 1 aromatic carbocycles. The molecule has 1 saturated carbocycles. The molecule has 0 bridgehead atoms. The molecule has 208 valence electrons. The van der Waals surface area contributed by atoms with Crippen molar-refractivity contribution < 1.29 is 23.9 Å². The number of aromatic nitrogens is 1. The average Bonchev–Trinajstić information content (AvgIpc) is 3.46. The number of amides is 3. The van der Waals surface area contributed by atoms with Crippen LogP contribution in [-0.2, 0) is 30.3 Å². The zero-order chi connectivity index (χ0) is 28.2. The first-order chi connectivity index (χ1) is 18.8. The summed E-state index contributed by atoms with van der Waals surface area (Å²) in [6.07, 6.45) is 8.01. The summed E-state index contributed by atoms with van der Waals surface area (Å²) in [5.74, 6) is -1.95. The molecule has 39 heavy (non-hydrogen) atoms. The fraction of sp³-hybridized carbons (Fsp3) is 0.414. The monoisotopic (exact) mass is 536 g/mol. The zero-order valence-corrected chi connectivity index (χ0v) is 22.1. The van der Waals surface area contributed by atoms with Crippen molar-refractivity contribution in [3.63, 3.8) is 0 Å². The number of hydrogen-bond donors (Lipinski definition) is 3. The van der Waals surface area contributed by atoms with Gasteiger partial charge in [-0.05, 0) is 43.9 Å². The number of benzene rings is 1. The molecule has 0 unspecified atom stereocenters. The number of esters is 1. The molecule has 3 rings (SSSR count). The molecule has 10 heteroatoms. The van der Waals surface area contributed by atoms with Crippen LogP contribution < -0.4 is 21.9 Å². The lowest BCUT2D eigenvalue weighted by Gasteiger charge is -2.23. The number of primary amides is 1. The molecule has 3 amide bonds. The number of nitrogens with one attached hydrogen (secondary N) is 2. The Bertz CT molecular complexity index is 1230. The summed E-state index contributed by atoms with van der Waals surface area (Å²) in [6, 6.07) is 10.7. The van der Waals surface area contributed by atoms with Crippen molar-refractivity contribution in [2.75, 3.05) is 11.9 Å². The predicted octanol–water partition coefficient (Wildman–Crippen LogP) is 2.63. The van der Waals surface area contributed by atoms with Crippen LogP contribution in [0.4, 0.5) is 5.69 Å². The summed E-state index contributed by atoms with van der Waals surface area (Å²) in [5.41, 5.74) is 5.72. The third kappa shape index (κ3) is 8.94. The molecule has 0 radical (unpaired) electrons. The molecule has 0 spiro atoms. The molecule has 1 aliphatic carbocycles. The Morgan fingerprint density at radius 2 is 1.82 bits per heavy atom. The maximum Gasteiger partial charge on any atom is 0.330 e. The van der Waals surface area contributed by atoms with Gasteiger partial charge in [-0.1, -0.05) is 49.2 Å². The second-order valence-electron chi connectivity index (χ2n) is 9.54. The van der Waals surface area contributed by atoms with Crippen molar-refractivity contribution >= 4 is 29.4 Å². The molecule has 0 aliphatic heterocycles. The van der Waals surface area contributed by atoms with Crippen LogP contribution in [0.2, 0.25) is 0 Å². The van der Waals surface area contributed by atoms with E-state index in [-0.39, 0.29) is 43.4 Å². The zero-order valence-electron chi connectivity index (χ0n) is 22.1. The molecular formula is C29H36N4O6. The van der Waals surface area contributed by atoms with Gasteiger partial charge in [0.15, 0.2) is 0 Å². The first-order valence-electron chi connectivity index (χ1n) is 13.3. The SMILES string of the molecule is CCOC(=O)/C=C/[C@H](CCC(N)=O)NC(=O)[C@H](Cc1ccccc1)n1cccc(NC(=O)C2CCCC2)c1=O. The Morgan fingerprint density at radius 3 is 2.49 bits per heavy atom. The minimum atomic E-state index is -0.977. The third-order valence-electron chi connectivity index (χ3n) is 6.65. The highest BCUT2D eigenvalue weighted by Crippen LogP contribution is 2.25. The van der Waals surface area contributed by atoms with Crippen LogP contribution in [0.3, 0.4) is 0 Å². The van der Waals surface area contributed by atoms with Crippen molar-refractivity contribution in [1.29, 1.82) is 0 Å². The number of pyridine rings is 1. The van der Waals surface area contributed by atoms with Crippen LogP contribution in [0.1, 0.15) is 57.1 Å². The average molecular weight is 537 g/mol. The summed E-state index contributed by atoms with van der Waals surface area (Å²) in [5, 5.41) is 5.58. The molecule has 1 fully saturated rings. The summed E-state index contributed by atoms with van der Waals surface area (Å²) in [7, 11) is 0.